The first-order valence-corrected chi connectivity index (χ1v) is 9.45. The molecular weight excluding hydrogens is 346 g/mol. The third kappa shape index (κ3) is 5.20. The summed E-state index contributed by atoms with van der Waals surface area (Å²) < 4.78 is 0. The van der Waals surface area contributed by atoms with Crippen molar-refractivity contribution in [2.75, 3.05) is 19.6 Å². The van der Waals surface area contributed by atoms with Crippen LogP contribution in [0.15, 0.2) is 60.7 Å². The van der Waals surface area contributed by atoms with Crippen molar-refractivity contribution in [3.8, 4) is 0 Å². The predicted molar refractivity (Wildman–Crippen MR) is 106 cm³/mol. The normalized spacial score (nSPS) is 18.2. The average Bonchev–Trinajstić information content (AvgIpc) is 3.06. The summed E-state index contributed by atoms with van der Waals surface area (Å²) in [5, 5.41) is 9.68. The summed E-state index contributed by atoms with van der Waals surface area (Å²) in [6, 6.07) is 18.3. The molecule has 0 amide bonds. The van der Waals surface area contributed by atoms with Crippen molar-refractivity contribution in [3.05, 3.63) is 76.8 Å². The lowest BCUT2D eigenvalue weighted by Crippen LogP contribution is -2.22. The molecule has 0 spiro atoms. The molecule has 3 rings (SSSR count). The van der Waals surface area contributed by atoms with Gasteiger partial charge in [0.25, 0.3) is 0 Å². The molecule has 136 valence electrons. The Kier molecular flexibility index (Phi) is 6.48. The van der Waals surface area contributed by atoms with Crippen LogP contribution >= 0.6 is 11.6 Å². The van der Waals surface area contributed by atoms with E-state index in [1.165, 1.54) is 11.1 Å². The van der Waals surface area contributed by atoms with Gasteiger partial charge >= 0.3 is 5.97 Å². The van der Waals surface area contributed by atoms with Crippen LogP contribution in [0, 0.1) is 5.92 Å². The molecule has 0 bridgehead atoms. The minimum atomic E-state index is -0.691. The van der Waals surface area contributed by atoms with Crippen LogP contribution in [0.25, 0.3) is 5.57 Å². The molecule has 26 heavy (non-hydrogen) atoms. The van der Waals surface area contributed by atoms with E-state index in [4.69, 9.17) is 16.7 Å². The highest BCUT2D eigenvalue weighted by Gasteiger charge is 2.23. The zero-order valence-electron chi connectivity index (χ0n) is 14.8. The van der Waals surface area contributed by atoms with Gasteiger partial charge in [0.15, 0.2) is 0 Å². The molecule has 2 aromatic carbocycles. The van der Waals surface area contributed by atoms with Crippen LogP contribution < -0.4 is 0 Å². The largest absolute Gasteiger partial charge is 0.481 e. The molecule has 0 radical (unpaired) electrons. The van der Waals surface area contributed by atoms with Crippen molar-refractivity contribution in [2.45, 2.75) is 19.3 Å². The Morgan fingerprint density at radius 3 is 2.65 bits per heavy atom. The van der Waals surface area contributed by atoms with Crippen LogP contribution in [0.3, 0.4) is 0 Å². The number of carboxylic acids is 1. The van der Waals surface area contributed by atoms with Gasteiger partial charge in [-0.2, -0.15) is 0 Å². The molecule has 1 saturated heterocycles. The third-order valence-corrected chi connectivity index (χ3v) is 5.08. The zero-order valence-corrected chi connectivity index (χ0v) is 15.5. The van der Waals surface area contributed by atoms with E-state index in [2.05, 4.69) is 29.2 Å². The molecule has 0 aliphatic carbocycles. The summed E-state index contributed by atoms with van der Waals surface area (Å²) in [5.41, 5.74) is 3.49. The van der Waals surface area contributed by atoms with Gasteiger partial charge in [-0.3, -0.25) is 4.79 Å². The van der Waals surface area contributed by atoms with Gasteiger partial charge in [-0.25, -0.2) is 0 Å². The van der Waals surface area contributed by atoms with E-state index in [1.807, 2.05) is 36.4 Å². The average molecular weight is 370 g/mol. The molecule has 2 aromatic rings. The fourth-order valence-corrected chi connectivity index (χ4v) is 3.79. The van der Waals surface area contributed by atoms with Gasteiger partial charge in [0.05, 0.1) is 0 Å². The molecule has 1 aliphatic rings. The van der Waals surface area contributed by atoms with E-state index in [0.717, 1.165) is 43.1 Å². The van der Waals surface area contributed by atoms with Gasteiger partial charge in [0.1, 0.15) is 0 Å². The summed E-state index contributed by atoms with van der Waals surface area (Å²) >= 11 is 6.19. The van der Waals surface area contributed by atoms with Crippen molar-refractivity contribution < 1.29 is 9.90 Å². The molecule has 1 aliphatic heterocycles. The summed E-state index contributed by atoms with van der Waals surface area (Å²) in [6.45, 7) is 2.83. The van der Waals surface area contributed by atoms with Crippen LogP contribution in [0.2, 0.25) is 5.02 Å². The number of hydrogen-bond donors (Lipinski definition) is 1. The monoisotopic (exact) mass is 369 g/mol. The van der Waals surface area contributed by atoms with E-state index in [9.17, 15) is 4.79 Å². The summed E-state index contributed by atoms with van der Waals surface area (Å²) in [6.07, 6.45) is 4.46. The van der Waals surface area contributed by atoms with Crippen LogP contribution in [-0.4, -0.2) is 35.6 Å². The second-order valence-electron chi connectivity index (χ2n) is 6.84. The van der Waals surface area contributed by atoms with Crippen molar-refractivity contribution in [1.82, 2.24) is 4.90 Å². The van der Waals surface area contributed by atoms with E-state index in [-0.39, 0.29) is 12.3 Å². The third-order valence-electron chi connectivity index (χ3n) is 4.85. The smallest absolute Gasteiger partial charge is 0.303 e. The van der Waals surface area contributed by atoms with Crippen LogP contribution in [0.5, 0.6) is 0 Å². The molecular formula is C22H24ClNO2. The number of halogens is 1. The topological polar surface area (TPSA) is 40.5 Å². The minimum Gasteiger partial charge on any atom is -0.481 e. The molecule has 0 aromatic heterocycles. The lowest BCUT2D eigenvalue weighted by atomic mass is 9.97. The molecule has 1 unspecified atom stereocenters. The van der Waals surface area contributed by atoms with E-state index < -0.39 is 5.97 Å². The van der Waals surface area contributed by atoms with Gasteiger partial charge in [-0.15, -0.1) is 0 Å². The quantitative estimate of drug-likeness (QED) is 0.750. The Morgan fingerprint density at radius 2 is 1.92 bits per heavy atom. The van der Waals surface area contributed by atoms with Gasteiger partial charge in [0.2, 0.25) is 0 Å². The number of carbonyl (C=O) groups is 1. The number of carboxylic acid groups (broad SMARTS) is 1. The Balaban J connectivity index is 1.69. The fourth-order valence-electron chi connectivity index (χ4n) is 3.60. The highest BCUT2D eigenvalue weighted by molar-refractivity contribution is 6.30. The second kappa shape index (κ2) is 9.02. The molecule has 4 heteroatoms. The van der Waals surface area contributed by atoms with E-state index >= 15 is 0 Å². The van der Waals surface area contributed by atoms with Gasteiger partial charge in [-0.05, 0) is 54.1 Å². The molecule has 1 fully saturated rings. The Bertz CT molecular complexity index is 773. The first-order chi connectivity index (χ1) is 12.6. The lowest BCUT2D eigenvalue weighted by molar-refractivity contribution is -0.138. The number of nitrogens with zero attached hydrogens (tertiary/aromatic N) is 1. The van der Waals surface area contributed by atoms with Crippen molar-refractivity contribution >= 4 is 23.1 Å². The Morgan fingerprint density at radius 1 is 1.15 bits per heavy atom. The molecule has 1 heterocycles. The maximum Gasteiger partial charge on any atom is 0.303 e. The van der Waals surface area contributed by atoms with Gasteiger partial charge < -0.3 is 10.0 Å². The SMILES string of the molecule is O=C(O)CC1CCN(CCC=C(c2ccccc2)c2cccc(Cl)c2)C1. The Labute approximate surface area is 159 Å². The summed E-state index contributed by atoms with van der Waals surface area (Å²) in [4.78, 5) is 13.2. The Hall–Kier alpha value is -2.10. The second-order valence-corrected chi connectivity index (χ2v) is 7.27. The molecule has 1 N–H and O–H groups in total. The number of benzene rings is 2. The van der Waals surface area contributed by atoms with Crippen molar-refractivity contribution in [2.24, 2.45) is 5.92 Å². The van der Waals surface area contributed by atoms with Gasteiger partial charge in [0, 0.05) is 24.5 Å². The maximum atomic E-state index is 10.9. The number of aliphatic carboxylic acids is 1. The molecule has 3 nitrogen and oxygen atoms in total. The van der Waals surface area contributed by atoms with Crippen molar-refractivity contribution in [1.29, 1.82) is 0 Å². The number of rotatable bonds is 7. The highest BCUT2D eigenvalue weighted by Crippen LogP contribution is 2.26. The fraction of sp³-hybridized carbons (Fsp3) is 0.318. The predicted octanol–water partition coefficient (Wildman–Crippen LogP) is 4.96. The van der Waals surface area contributed by atoms with E-state index in [0.29, 0.717) is 0 Å². The maximum absolute atomic E-state index is 10.9. The molecule has 0 saturated carbocycles. The molecule has 1 atom stereocenters. The van der Waals surface area contributed by atoms with Crippen LogP contribution in [-0.2, 0) is 4.79 Å². The number of hydrogen-bond acceptors (Lipinski definition) is 2. The summed E-state index contributed by atoms with van der Waals surface area (Å²) in [7, 11) is 0. The standard InChI is InChI=1S/C22H24ClNO2/c23-20-9-4-8-19(15-20)21(18-6-2-1-3-7-18)10-5-12-24-13-11-17(16-24)14-22(25)26/h1-4,6-10,15,17H,5,11-14,16H2,(H,25,26). The van der Waals surface area contributed by atoms with Crippen LogP contribution in [0.1, 0.15) is 30.4 Å². The van der Waals surface area contributed by atoms with Gasteiger partial charge in [-0.1, -0.05) is 60.1 Å². The minimum absolute atomic E-state index is 0.282. The van der Waals surface area contributed by atoms with Crippen molar-refractivity contribution in [3.63, 3.8) is 0 Å². The first kappa shape index (κ1) is 18.7. The van der Waals surface area contributed by atoms with Crippen LogP contribution in [0.4, 0.5) is 0 Å². The lowest BCUT2D eigenvalue weighted by Gasteiger charge is -2.15. The highest BCUT2D eigenvalue weighted by atomic mass is 35.5. The first-order valence-electron chi connectivity index (χ1n) is 9.07. The summed E-state index contributed by atoms with van der Waals surface area (Å²) in [5.74, 6) is -0.401. The zero-order chi connectivity index (χ0) is 18.4. The number of likely N-dealkylation sites (tertiary alicyclic amines) is 1. The van der Waals surface area contributed by atoms with E-state index in [1.54, 1.807) is 0 Å².